The lowest BCUT2D eigenvalue weighted by molar-refractivity contribution is -0.142. The van der Waals surface area contributed by atoms with Crippen molar-refractivity contribution in [2.75, 3.05) is 25.5 Å². The molecular weight excluding hydrogens is 468 g/mol. The first-order valence-corrected chi connectivity index (χ1v) is 12.3. The second kappa shape index (κ2) is 12.5. The molecule has 1 amide bonds. The third-order valence-corrected chi connectivity index (χ3v) is 6.81. The Morgan fingerprint density at radius 2 is 1.64 bits per heavy atom. The van der Waals surface area contributed by atoms with Crippen molar-refractivity contribution in [1.82, 2.24) is 4.31 Å². The van der Waals surface area contributed by atoms with Gasteiger partial charge in [-0.2, -0.15) is 4.31 Å². The molecule has 0 radical (unpaired) electrons. The van der Waals surface area contributed by atoms with Gasteiger partial charge >= 0.3 is 5.97 Å². The summed E-state index contributed by atoms with van der Waals surface area (Å²) in [5.74, 6) is -1.40. The number of carbonyl (C=O) groups excluding carboxylic acids is 3. The van der Waals surface area contributed by atoms with E-state index in [-0.39, 0.29) is 10.8 Å². The zero-order chi connectivity index (χ0) is 24.4. The number of hydrogen-bond donors (Lipinski definition) is 1. The second-order valence-corrected chi connectivity index (χ2v) is 9.86. The molecule has 0 aliphatic heterocycles. The van der Waals surface area contributed by atoms with Crippen LogP contribution in [0.2, 0.25) is 5.02 Å². The highest BCUT2D eigenvalue weighted by Gasteiger charge is 2.24. The van der Waals surface area contributed by atoms with Crippen molar-refractivity contribution in [1.29, 1.82) is 0 Å². The van der Waals surface area contributed by atoms with Crippen LogP contribution in [-0.4, -0.2) is 50.6 Å². The number of likely N-dealkylation sites (N-methyl/N-ethyl adjacent to an activating group) is 1. The lowest BCUT2D eigenvalue weighted by Gasteiger charge is -2.16. The van der Waals surface area contributed by atoms with Gasteiger partial charge in [0.05, 0.1) is 4.90 Å². The summed E-state index contributed by atoms with van der Waals surface area (Å²) < 4.78 is 30.8. The predicted octanol–water partition coefficient (Wildman–Crippen LogP) is 3.91. The summed E-state index contributed by atoms with van der Waals surface area (Å²) in [6, 6.07) is 11.8. The van der Waals surface area contributed by atoms with Crippen molar-refractivity contribution in [2.24, 2.45) is 0 Å². The van der Waals surface area contributed by atoms with Crippen LogP contribution < -0.4 is 5.32 Å². The fourth-order valence-electron chi connectivity index (χ4n) is 2.83. The van der Waals surface area contributed by atoms with E-state index in [4.69, 9.17) is 16.3 Å². The molecular formula is C23H27ClN2O6S. The van der Waals surface area contributed by atoms with E-state index in [2.05, 4.69) is 12.2 Å². The Bertz CT molecular complexity index is 1070. The molecule has 2 rings (SSSR count). The van der Waals surface area contributed by atoms with Gasteiger partial charge in [0.2, 0.25) is 15.9 Å². The molecule has 0 saturated carbocycles. The van der Waals surface area contributed by atoms with Crippen LogP contribution in [0.5, 0.6) is 0 Å². The Balaban J connectivity index is 1.84. The van der Waals surface area contributed by atoms with E-state index < -0.39 is 34.9 Å². The predicted molar refractivity (Wildman–Crippen MR) is 126 cm³/mol. The van der Waals surface area contributed by atoms with Gasteiger partial charge < -0.3 is 10.1 Å². The normalized spacial score (nSPS) is 11.3. The maximum atomic E-state index is 12.5. The summed E-state index contributed by atoms with van der Waals surface area (Å²) in [7, 11) is -2.67. The molecule has 0 bridgehead atoms. The van der Waals surface area contributed by atoms with Crippen LogP contribution in [-0.2, 0) is 24.3 Å². The van der Waals surface area contributed by atoms with Crippen LogP contribution in [0.15, 0.2) is 53.4 Å². The molecule has 0 saturated heterocycles. The van der Waals surface area contributed by atoms with Crippen LogP contribution in [0.4, 0.5) is 5.69 Å². The Hall–Kier alpha value is -2.75. The number of carbonyl (C=O) groups is 3. The van der Waals surface area contributed by atoms with Crippen LogP contribution in [0.25, 0.3) is 0 Å². The molecule has 0 atom stereocenters. The number of sulfonamides is 1. The molecule has 0 spiro atoms. The third kappa shape index (κ3) is 8.27. The lowest BCUT2D eigenvalue weighted by Crippen LogP contribution is -2.33. The minimum Gasteiger partial charge on any atom is -0.456 e. The first kappa shape index (κ1) is 26.5. The van der Waals surface area contributed by atoms with Gasteiger partial charge in [-0.3, -0.25) is 14.4 Å². The monoisotopic (exact) mass is 494 g/mol. The highest BCUT2D eigenvalue weighted by atomic mass is 35.5. The quantitative estimate of drug-likeness (QED) is 0.272. The molecule has 0 aliphatic carbocycles. The summed E-state index contributed by atoms with van der Waals surface area (Å²) in [5, 5.41) is 3.15. The molecule has 8 nitrogen and oxygen atoms in total. The van der Waals surface area contributed by atoms with Crippen molar-refractivity contribution < 1.29 is 27.5 Å². The number of Topliss-reactive ketones (excluding diaryl/α,β-unsaturated/α-hetero) is 1. The summed E-state index contributed by atoms with van der Waals surface area (Å²) in [5.41, 5.74) is 0.869. The van der Waals surface area contributed by atoms with Gasteiger partial charge in [0.15, 0.2) is 12.4 Å². The summed E-state index contributed by atoms with van der Waals surface area (Å²) in [4.78, 5) is 36.2. The van der Waals surface area contributed by atoms with E-state index in [1.165, 1.54) is 43.4 Å². The molecule has 0 fully saturated rings. The molecule has 178 valence electrons. The summed E-state index contributed by atoms with van der Waals surface area (Å²) in [6.07, 6.45) is 3.28. The topological polar surface area (TPSA) is 110 Å². The van der Waals surface area contributed by atoms with Gasteiger partial charge in [0, 0.05) is 29.7 Å². The molecule has 2 aromatic carbocycles. The van der Waals surface area contributed by atoms with Crippen molar-refractivity contribution in [3.8, 4) is 0 Å². The van der Waals surface area contributed by atoms with Crippen LogP contribution in [0, 0.1) is 0 Å². The zero-order valence-electron chi connectivity index (χ0n) is 18.5. The zero-order valence-corrected chi connectivity index (χ0v) is 20.1. The number of ether oxygens (including phenoxy) is 1. The number of halogens is 1. The van der Waals surface area contributed by atoms with Crippen molar-refractivity contribution in [2.45, 2.75) is 37.5 Å². The molecule has 33 heavy (non-hydrogen) atoms. The van der Waals surface area contributed by atoms with Gasteiger partial charge in [-0.25, -0.2) is 8.42 Å². The van der Waals surface area contributed by atoms with E-state index in [1.54, 1.807) is 12.1 Å². The Morgan fingerprint density at radius 1 is 1.00 bits per heavy atom. The lowest BCUT2D eigenvalue weighted by atomic mass is 10.1. The number of hydrogen-bond acceptors (Lipinski definition) is 6. The first-order chi connectivity index (χ1) is 15.6. The van der Waals surface area contributed by atoms with Crippen molar-refractivity contribution >= 4 is 45.0 Å². The van der Waals surface area contributed by atoms with E-state index >= 15 is 0 Å². The second-order valence-electron chi connectivity index (χ2n) is 7.38. The molecule has 0 heterocycles. The number of esters is 1. The molecule has 0 aliphatic rings. The Kier molecular flexibility index (Phi) is 10.0. The van der Waals surface area contributed by atoms with Gasteiger partial charge in [-0.1, -0.05) is 31.4 Å². The van der Waals surface area contributed by atoms with Crippen LogP contribution >= 0.6 is 11.6 Å². The number of nitrogens with one attached hydrogen (secondary N) is 1. The van der Waals surface area contributed by atoms with Gasteiger partial charge in [-0.05, 0) is 55.0 Å². The number of nitrogens with zero attached hydrogens (tertiary/aromatic N) is 1. The van der Waals surface area contributed by atoms with Gasteiger partial charge in [0.25, 0.3) is 0 Å². The first-order valence-electron chi connectivity index (χ1n) is 10.4. The minimum absolute atomic E-state index is 0.0178. The van der Waals surface area contributed by atoms with Crippen LogP contribution in [0.3, 0.4) is 0 Å². The third-order valence-electron chi connectivity index (χ3n) is 4.74. The molecule has 2 aromatic rings. The van der Waals surface area contributed by atoms with Crippen molar-refractivity contribution in [3.05, 3.63) is 59.1 Å². The molecule has 10 heteroatoms. The minimum atomic E-state index is -3.91. The highest BCUT2D eigenvalue weighted by Crippen LogP contribution is 2.17. The van der Waals surface area contributed by atoms with E-state index in [9.17, 15) is 22.8 Å². The van der Waals surface area contributed by atoms with Crippen LogP contribution in [0.1, 0.15) is 43.0 Å². The Labute approximate surface area is 198 Å². The largest absolute Gasteiger partial charge is 0.456 e. The average molecular weight is 495 g/mol. The van der Waals surface area contributed by atoms with E-state index in [0.717, 1.165) is 23.6 Å². The fourth-order valence-corrected chi connectivity index (χ4v) is 4.07. The maximum Gasteiger partial charge on any atom is 0.321 e. The SMILES string of the molecule is CCCCCC(=O)Nc1ccc(C(=O)COC(=O)CN(C)S(=O)(=O)c2ccc(Cl)cc2)cc1. The number of benzene rings is 2. The molecule has 1 N–H and O–H groups in total. The number of amides is 1. The summed E-state index contributed by atoms with van der Waals surface area (Å²) in [6.45, 7) is 0.976. The number of anilines is 1. The summed E-state index contributed by atoms with van der Waals surface area (Å²) >= 11 is 5.77. The number of rotatable bonds is 12. The number of ketones is 1. The molecule has 0 unspecified atom stereocenters. The smallest absolute Gasteiger partial charge is 0.321 e. The van der Waals surface area contributed by atoms with E-state index in [0.29, 0.717) is 22.7 Å². The number of unbranched alkanes of at least 4 members (excludes halogenated alkanes) is 2. The average Bonchev–Trinajstić information content (AvgIpc) is 2.78. The van der Waals surface area contributed by atoms with E-state index in [1.807, 2.05) is 0 Å². The van der Waals surface area contributed by atoms with Crippen molar-refractivity contribution in [3.63, 3.8) is 0 Å². The fraction of sp³-hybridized carbons (Fsp3) is 0.348. The Morgan fingerprint density at radius 3 is 2.24 bits per heavy atom. The highest BCUT2D eigenvalue weighted by molar-refractivity contribution is 7.89. The molecule has 0 aromatic heterocycles. The maximum absolute atomic E-state index is 12.5. The van der Waals surface area contributed by atoms with Gasteiger partial charge in [0.1, 0.15) is 6.54 Å². The standard InChI is InChI=1S/C23H27ClN2O6S/c1-3-4-5-6-22(28)25-19-11-7-17(8-12-19)21(27)16-32-23(29)15-26(2)33(30,31)20-13-9-18(24)10-14-20/h7-14H,3-6,15-16H2,1-2H3,(H,25,28). The van der Waals surface area contributed by atoms with Gasteiger partial charge in [-0.15, -0.1) is 0 Å².